The Hall–Kier alpha value is -2.05. The van der Waals surface area contributed by atoms with Crippen LogP contribution >= 0.6 is 27.3 Å². The van der Waals surface area contributed by atoms with Crippen LogP contribution in [0.5, 0.6) is 0 Å². The van der Waals surface area contributed by atoms with Crippen molar-refractivity contribution in [3.63, 3.8) is 0 Å². The lowest BCUT2D eigenvalue weighted by atomic mass is 10.2. The second kappa shape index (κ2) is 6.81. The summed E-state index contributed by atoms with van der Waals surface area (Å²) in [5.41, 5.74) is 6.88. The molecule has 1 aromatic carbocycles. The van der Waals surface area contributed by atoms with Gasteiger partial charge in [0.05, 0.1) is 11.4 Å². The van der Waals surface area contributed by atoms with Crippen LogP contribution in [0.25, 0.3) is 11.3 Å². The van der Waals surface area contributed by atoms with E-state index in [2.05, 4.69) is 36.4 Å². The molecule has 3 aromatic rings. The molecule has 0 aliphatic carbocycles. The minimum atomic E-state index is 0.765. The third-order valence-electron chi connectivity index (χ3n) is 3.04. The number of anilines is 1. The van der Waals surface area contributed by atoms with Gasteiger partial charge in [-0.3, -0.25) is 10.4 Å². The number of thiazole rings is 1. The molecule has 0 aliphatic heterocycles. The molecule has 0 aliphatic rings. The predicted octanol–water partition coefficient (Wildman–Crippen LogP) is 4.80. The molecule has 22 heavy (non-hydrogen) atoms. The monoisotopic (exact) mass is 372 g/mol. The molecule has 2 aromatic heterocycles. The number of hydrazone groups is 1. The minimum Gasteiger partial charge on any atom is -0.264 e. The van der Waals surface area contributed by atoms with Gasteiger partial charge in [0.15, 0.2) is 0 Å². The molecular formula is C16H13BrN4S. The van der Waals surface area contributed by atoms with E-state index in [9.17, 15) is 0 Å². The molecule has 110 valence electrons. The van der Waals surface area contributed by atoms with Gasteiger partial charge in [0.25, 0.3) is 0 Å². The van der Waals surface area contributed by atoms with Gasteiger partial charge in [-0.05, 0) is 25.1 Å². The zero-order chi connectivity index (χ0) is 15.4. The number of pyridine rings is 1. The molecule has 2 heterocycles. The highest BCUT2D eigenvalue weighted by molar-refractivity contribution is 9.10. The number of nitrogens with one attached hydrogen (secondary N) is 1. The van der Waals surface area contributed by atoms with Crippen LogP contribution in [0.1, 0.15) is 12.5 Å². The average molecular weight is 373 g/mol. The lowest BCUT2D eigenvalue weighted by molar-refractivity contribution is 1.26. The summed E-state index contributed by atoms with van der Waals surface area (Å²) < 4.78 is 1.06. The van der Waals surface area contributed by atoms with Crippen molar-refractivity contribution >= 4 is 38.1 Å². The average Bonchev–Trinajstić information content (AvgIpc) is 3.03. The second-order valence-corrected chi connectivity index (χ2v) is 6.37. The Labute approximate surface area is 141 Å². The van der Waals surface area contributed by atoms with Gasteiger partial charge >= 0.3 is 0 Å². The highest BCUT2D eigenvalue weighted by Gasteiger charge is 2.04. The maximum atomic E-state index is 4.55. The minimum absolute atomic E-state index is 0.765. The van der Waals surface area contributed by atoms with Gasteiger partial charge in [0, 0.05) is 33.4 Å². The van der Waals surface area contributed by atoms with Gasteiger partial charge in [-0.25, -0.2) is 4.98 Å². The molecule has 0 saturated carbocycles. The number of hydrogen-bond donors (Lipinski definition) is 1. The van der Waals surface area contributed by atoms with Crippen molar-refractivity contribution < 1.29 is 0 Å². The normalized spacial score (nSPS) is 11.5. The Bertz CT molecular complexity index is 781. The molecule has 0 unspecified atom stereocenters. The third kappa shape index (κ3) is 3.58. The summed E-state index contributed by atoms with van der Waals surface area (Å²) in [6, 6.07) is 11.9. The summed E-state index contributed by atoms with van der Waals surface area (Å²) in [7, 11) is 0. The Morgan fingerprint density at radius 2 is 2.05 bits per heavy atom. The van der Waals surface area contributed by atoms with Crippen LogP contribution in [-0.4, -0.2) is 15.7 Å². The van der Waals surface area contributed by atoms with Gasteiger partial charge in [-0.2, -0.15) is 5.10 Å². The summed E-state index contributed by atoms with van der Waals surface area (Å²) in [6.07, 6.45) is 3.53. The molecule has 0 amide bonds. The fourth-order valence-electron chi connectivity index (χ4n) is 1.85. The van der Waals surface area contributed by atoms with Gasteiger partial charge in [0.2, 0.25) is 5.13 Å². The molecule has 0 saturated heterocycles. The summed E-state index contributed by atoms with van der Waals surface area (Å²) >= 11 is 4.96. The van der Waals surface area contributed by atoms with Gasteiger partial charge in [-0.15, -0.1) is 11.3 Å². The van der Waals surface area contributed by atoms with Crippen LogP contribution in [0, 0.1) is 0 Å². The summed E-state index contributed by atoms with van der Waals surface area (Å²) in [5, 5.41) is 7.13. The summed E-state index contributed by atoms with van der Waals surface area (Å²) in [5.74, 6) is 0. The van der Waals surface area contributed by atoms with E-state index < -0.39 is 0 Å². The lowest BCUT2D eigenvalue weighted by Crippen LogP contribution is -1.99. The van der Waals surface area contributed by atoms with Crippen LogP contribution < -0.4 is 5.43 Å². The Morgan fingerprint density at radius 1 is 1.23 bits per heavy atom. The number of benzene rings is 1. The van der Waals surface area contributed by atoms with Crippen molar-refractivity contribution in [1.29, 1.82) is 0 Å². The highest BCUT2D eigenvalue weighted by Crippen LogP contribution is 2.26. The zero-order valence-corrected chi connectivity index (χ0v) is 14.2. The van der Waals surface area contributed by atoms with E-state index in [1.54, 1.807) is 12.4 Å². The first-order valence-electron chi connectivity index (χ1n) is 6.64. The van der Waals surface area contributed by atoms with Crippen LogP contribution in [0.4, 0.5) is 5.13 Å². The van der Waals surface area contributed by atoms with Gasteiger partial charge < -0.3 is 0 Å². The van der Waals surface area contributed by atoms with Crippen molar-refractivity contribution in [3.05, 3.63) is 64.2 Å². The lowest BCUT2D eigenvalue weighted by Gasteiger charge is -2.00. The quantitative estimate of drug-likeness (QED) is 0.528. The molecule has 0 atom stereocenters. The van der Waals surface area contributed by atoms with Gasteiger partial charge in [0.1, 0.15) is 0 Å². The number of nitrogens with zero attached hydrogens (tertiary/aromatic N) is 3. The van der Waals surface area contributed by atoms with E-state index in [0.29, 0.717) is 0 Å². The number of halogens is 1. The van der Waals surface area contributed by atoms with Gasteiger partial charge in [-0.1, -0.05) is 34.1 Å². The maximum absolute atomic E-state index is 4.55. The maximum Gasteiger partial charge on any atom is 0.203 e. The fraction of sp³-hybridized carbons (Fsp3) is 0.0625. The first-order chi connectivity index (χ1) is 10.7. The molecule has 0 radical (unpaired) electrons. The fourth-order valence-corrected chi connectivity index (χ4v) is 2.78. The Balaban J connectivity index is 1.73. The SMILES string of the molecule is C/C(=N\Nc1nc(-c2ccc(Br)cc2)cs1)c1cccnc1. The van der Waals surface area contributed by atoms with Crippen LogP contribution in [0.2, 0.25) is 0 Å². The van der Waals surface area contributed by atoms with Crippen molar-refractivity contribution in [3.8, 4) is 11.3 Å². The van der Waals surface area contributed by atoms with Crippen LogP contribution in [0.15, 0.2) is 63.7 Å². The number of rotatable bonds is 4. The molecule has 4 nitrogen and oxygen atoms in total. The topological polar surface area (TPSA) is 50.2 Å². The Kier molecular flexibility index (Phi) is 4.60. The molecule has 0 spiro atoms. The van der Waals surface area contributed by atoms with Crippen molar-refractivity contribution in [2.75, 3.05) is 5.43 Å². The molecular weight excluding hydrogens is 360 g/mol. The van der Waals surface area contributed by atoms with E-state index in [1.807, 2.05) is 48.7 Å². The largest absolute Gasteiger partial charge is 0.264 e. The smallest absolute Gasteiger partial charge is 0.203 e. The summed E-state index contributed by atoms with van der Waals surface area (Å²) in [4.78, 5) is 8.63. The molecule has 0 bridgehead atoms. The first kappa shape index (κ1) is 14.9. The highest BCUT2D eigenvalue weighted by atomic mass is 79.9. The van der Waals surface area contributed by atoms with Crippen LogP contribution in [-0.2, 0) is 0 Å². The van der Waals surface area contributed by atoms with Crippen molar-refractivity contribution in [2.24, 2.45) is 5.10 Å². The molecule has 3 rings (SSSR count). The molecule has 6 heteroatoms. The van der Waals surface area contributed by atoms with E-state index in [-0.39, 0.29) is 0 Å². The van der Waals surface area contributed by atoms with Crippen molar-refractivity contribution in [1.82, 2.24) is 9.97 Å². The van der Waals surface area contributed by atoms with Crippen molar-refractivity contribution in [2.45, 2.75) is 6.92 Å². The zero-order valence-electron chi connectivity index (χ0n) is 11.8. The second-order valence-electron chi connectivity index (χ2n) is 4.60. The predicted molar refractivity (Wildman–Crippen MR) is 95.3 cm³/mol. The van der Waals surface area contributed by atoms with E-state index in [0.717, 1.165) is 32.1 Å². The third-order valence-corrected chi connectivity index (χ3v) is 4.32. The number of aromatic nitrogens is 2. The van der Waals surface area contributed by atoms with E-state index in [4.69, 9.17) is 0 Å². The first-order valence-corrected chi connectivity index (χ1v) is 8.32. The van der Waals surface area contributed by atoms with Crippen LogP contribution in [0.3, 0.4) is 0 Å². The summed E-state index contributed by atoms with van der Waals surface area (Å²) in [6.45, 7) is 1.94. The van der Waals surface area contributed by atoms with E-state index >= 15 is 0 Å². The number of hydrogen-bond acceptors (Lipinski definition) is 5. The molecule has 0 fully saturated rings. The standard InChI is InChI=1S/C16H13BrN4S/c1-11(13-3-2-8-18-9-13)20-21-16-19-15(10-22-16)12-4-6-14(17)7-5-12/h2-10H,1H3,(H,19,21)/b20-11+. The molecule has 1 N–H and O–H groups in total. The van der Waals surface area contributed by atoms with E-state index in [1.165, 1.54) is 11.3 Å². The Morgan fingerprint density at radius 3 is 2.77 bits per heavy atom.